The Bertz CT molecular complexity index is 3530. The number of pyridine rings is 4. The van der Waals surface area contributed by atoms with Crippen molar-refractivity contribution < 1.29 is 18.3 Å². The van der Waals surface area contributed by atoms with E-state index in [2.05, 4.69) is 191 Å². The predicted octanol–water partition coefficient (Wildman–Crippen LogP) is 8.42. The maximum absolute atomic E-state index is 4.60. The summed E-state index contributed by atoms with van der Waals surface area (Å²) in [6, 6.07) is 33.4. The SMILES string of the molecule is Cc1cccc(C)c1-[n+]1c(C)n(C)c2cccnc21.Cc1cccc(C)c1-[n+]1ccc2c(c1)nc(C)n2C.Cc1nc2c[n+](-c3ccccc3)ccc2n1C.Cc1nc2c[n+](C)ccc2n1C. The Balaban J connectivity index is 0.000000123. The van der Waals surface area contributed by atoms with Gasteiger partial charge in [0.15, 0.2) is 46.9 Å². The number of para-hydroxylation sites is 3. The number of fused-ring (bicyclic) bond motifs is 4. The molecular formula is C55H62N12+4. The zero-order valence-corrected chi connectivity index (χ0v) is 41.1. The van der Waals surface area contributed by atoms with Gasteiger partial charge in [0.25, 0.3) is 0 Å². The minimum absolute atomic E-state index is 1.01. The van der Waals surface area contributed by atoms with Crippen LogP contribution in [0.4, 0.5) is 0 Å². The normalized spacial score (nSPS) is 11.1. The first-order valence-electron chi connectivity index (χ1n) is 22.6. The van der Waals surface area contributed by atoms with E-state index in [1.165, 1.54) is 50.5 Å². The van der Waals surface area contributed by atoms with E-state index in [0.29, 0.717) is 0 Å². The van der Waals surface area contributed by atoms with Crippen LogP contribution in [0.3, 0.4) is 0 Å². The summed E-state index contributed by atoms with van der Waals surface area (Å²) < 4.78 is 17.0. The summed E-state index contributed by atoms with van der Waals surface area (Å²) >= 11 is 0. The summed E-state index contributed by atoms with van der Waals surface area (Å²) in [6.07, 6.45) is 14.3. The molecule has 0 radical (unpaired) electrons. The van der Waals surface area contributed by atoms with E-state index in [9.17, 15) is 0 Å². The minimum Gasteiger partial charge on any atom is -0.331 e. The van der Waals surface area contributed by atoms with Gasteiger partial charge < -0.3 is 13.7 Å². The molecule has 0 fully saturated rings. The number of benzene rings is 3. The third kappa shape index (κ3) is 9.07. The zero-order valence-electron chi connectivity index (χ0n) is 41.1. The molecule has 8 heterocycles. The second-order valence-corrected chi connectivity index (χ2v) is 17.4. The van der Waals surface area contributed by atoms with Gasteiger partial charge in [0.1, 0.15) is 36.4 Å². The number of aryl methyl sites for hydroxylation is 12. The molecule has 0 saturated carbocycles. The molecule has 0 amide bonds. The van der Waals surface area contributed by atoms with Gasteiger partial charge >= 0.3 is 5.65 Å². The standard InChI is InChI=1S/2C16H18N3.C14H14N3.C9H12N3/c1-11-7-5-8-12(2)15(11)19-13(3)18(4)14-9-6-10-17-16(14)19;1-11-6-5-7-12(2)16(11)19-9-8-15-14(10-19)17-13(3)18(15)4;1-11-15-13-10-17(9-8-14(13)16(11)2)12-6-4-3-5-7-12;1-7-10-8-6-11(2)5-4-9(8)12(7)3/h2*5-10H,1-4H3;3-10H,1-2H3;4-6H,1-3H3/q4*+1. The number of nitrogens with zero attached hydrogens (tertiary/aromatic N) is 12. The summed E-state index contributed by atoms with van der Waals surface area (Å²) in [6.45, 7) is 16.8. The Kier molecular flexibility index (Phi) is 12.9. The van der Waals surface area contributed by atoms with Crippen LogP contribution >= 0.6 is 0 Å². The van der Waals surface area contributed by atoms with Crippen LogP contribution in [0.15, 0.2) is 140 Å². The molecule has 12 nitrogen and oxygen atoms in total. The van der Waals surface area contributed by atoms with Crippen molar-refractivity contribution in [2.45, 2.75) is 55.4 Å². The lowest BCUT2D eigenvalue weighted by Crippen LogP contribution is -2.36. The predicted molar refractivity (Wildman–Crippen MR) is 267 cm³/mol. The van der Waals surface area contributed by atoms with Gasteiger partial charge in [-0.3, -0.25) is 4.57 Å². The maximum Gasteiger partial charge on any atom is 0.306 e. The maximum atomic E-state index is 4.60. The molecule has 11 rings (SSSR count). The Morgan fingerprint density at radius 3 is 1.42 bits per heavy atom. The van der Waals surface area contributed by atoms with Crippen molar-refractivity contribution in [1.82, 2.24) is 38.2 Å². The number of aromatic nitrogens is 12. The van der Waals surface area contributed by atoms with Crippen LogP contribution in [-0.2, 0) is 35.2 Å². The largest absolute Gasteiger partial charge is 0.331 e. The third-order valence-electron chi connectivity index (χ3n) is 12.8. The summed E-state index contributed by atoms with van der Waals surface area (Å²) in [7, 11) is 10.2. The van der Waals surface area contributed by atoms with E-state index in [-0.39, 0.29) is 0 Å². The molecule has 0 aliphatic heterocycles. The fourth-order valence-corrected chi connectivity index (χ4v) is 8.75. The van der Waals surface area contributed by atoms with Gasteiger partial charge in [-0.25, -0.2) is 19.5 Å². The molecule has 0 aliphatic carbocycles. The van der Waals surface area contributed by atoms with Crippen molar-refractivity contribution in [1.29, 1.82) is 0 Å². The van der Waals surface area contributed by atoms with Gasteiger partial charge in [0.05, 0.1) is 23.6 Å². The average Bonchev–Trinajstić information content (AvgIpc) is 3.97. The molecule has 0 bridgehead atoms. The molecule has 12 heteroatoms. The van der Waals surface area contributed by atoms with Crippen molar-refractivity contribution in [3.05, 3.63) is 186 Å². The van der Waals surface area contributed by atoms with E-state index in [1.54, 1.807) is 0 Å². The highest BCUT2D eigenvalue weighted by Crippen LogP contribution is 2.20. The van der Waals surface area contributed by atoms with Crippen molar-refractivity contribution >= 4 is 44.3 Å². The Hall–Kier alpha value is -7.86. The average molecular weight is 891 g/mol. The van der Waals surface area contributed by atoms with Crippen LogP contribution in [0.1, 0.15) is 45.6 Å². The second-order valence-electron chi connectivity index (χ2n) is 17.4. The summed E-state index contributed by atoms with van der Waals surface area (Å²) in [4.78, 5) is 18.1. The van der Waals surface area contributed by atoms with Gasteiger partial charge in [-0.05, 0) is 71.7 Å². The monoisotopic (exact) mass is 891 g/mol. The molecule has 3 aromatic carbocycles. The summed E-state index contributed by atoms with van der Waals surface area (Å²) in [5.41, 5.74) is 17.5. The van der Waals surface area contributed by atoms with Crippen molar-refractivity contribution in [2.24, 2.45) is 35.2 Å². The second kappa shape index (κ2) is 18.9. The minimum atomic E-state index is 1.01. The van der Waals surface area contributed by atoms with Crippen LogP contribution in [-0.4, -0.2) is 38.2 Å². The van der Waals surface area contributed by atoms with Crippen LogP contribution < -0.4 is 18.3 Å². The molecule has 0 unspecified atom stereocenters. The summed E-state index contributed by atoms with van der Waals surface area (Å²) in [5, 5.41) is 0. The molecule has 0 atom stereocenters. The molecular weight excluding hydrogens is 829 g/mol. The van der Waals surface area contributed by atoms with Gasteiger partial charge in [-0.1, -0.05) is 54.6 Å². The number of rotatable bonds is 3. The molecule has 0 spiro atoms. The fraction of sp³-hybridized carbons (Fsp3) is 0.236. The first-order valence-corrected chi connectivity index (χ1v) is 22.6. The molecule has 0 aliphatic rings. The van der Waals surface area contributed by atoms with E-state index in [0.717, 1.165) is 56.4 Å². The molecule has 0 saturated heterocycles. The van der Waals surface area contributed by atoms with Crippen molar-refractivity contribution in [3.8, 4) is 17.1 Å². The van der Waals surface area contributed by atoms with Gasteiger partial charge in [-0.2, -0.15) is 13.7 Å². The molecule has 338 valence electrons. The first kappa shape index (κ1) is 45.7. The van der Waals surface area contributed by atoms with Crippen molar-refractivity contribution in [2.75, 3.05) is 0 Å². The smallest absolute Gasteiger partial charge is 0.306 e. The lowest BCUT2D eigenvalue weighted by atomic mass is 10.1. The lowest BCUT2D eigenvalue weighted by molar-refractivity contribution is -0.670. The highest BCUT2D eigenvalue weighted by Gasteiger charge is 2.23. The van der Waals surface area contributed by atoms with Gasteiger partial charge in [0.2, 0.25) is 29.6 Å². The van der Waals surface area contributed by atoms with Crippen LogP contribution in [0.5, 0.6) is 0 Å². The van der Waals surface area contributed by atoms with Crippen molar-refractivity contribution in [3.63, 3.8) is 0 Å². The highest BCUT2D eigenvalue weighted by molar-refractivity contribution is 5.75. The first-order chi connectivity index (χ1) is 32.1. The van der Waals surface area contributed by atoms with E-state index in [4.69, 9.17) is 0 Å². The van der Waals surface area contributed by atoms with Gasteiger partial charge in [-0.15, -0.1) is 4.98 Å². The Labute approximate surface area is 393 Å². The van der Waals surface area contributed by atoms with E-state index in [1.807, 2.05) is 96.4 Å². The number of hydrogen-bond acceptors (Lipinski definition) is 4. The van der Waals surface area contributed by atoms with E-state index < -0.39 is 0 Å². The van der Waals surface area contributed by atoms with Gasteiger partial charge in [0, 0.05) is 69.5 Å². The molecule has 11 aromatic rings. The highest BCUT2D eigenvalue weighted by atomic mass is 15.2. The zero-order chi connectivity index (χ0) is 47.7. The number of imidazole rings is 4. The number of hydrogen-bond donors (Lipinski definition) is 0. The van der Waals surface area contributed by atoms with Crippen LogP contribution in [0.25, 0.3) is 61.3 Å². The molecule has 8 aromatic heterocycles. The Morgan fingerprint density at radius 2 is 0.881 bits per heavy atom. The quantitative estimate of drug-likeness (QED) is 0.167. The van der Waals surface area contributed by atoms with E-state index >= 15 is 0 Å². The van der Waals surface area contributed by atoms with Crippen LogP contribution in [0.2, 0.25) is 0 Å². The fourth-order valence-electron chi connectivity index (χ4n) is 8.75. The molecule has 0 N–H and O–H groups in total. The molecule has 67 heavy (non-hydrogen) atoms. The van der Waals surface area contributed by atoms with Crippen LogP contribution in [0, 0.1) is 55.4 Å². The lowest BCUT2D eigenvalue weighted by Gasteiger charge is -2.08. The summed E-state index contributed by atoms with van der Waals surface area (Å²) in [5.74, 6) is 4.31. The topological polar surface area (TPSA) is 86.8 Å². The third-order valence-corrected chi connectivity index (χ3v) is 12.8. The Morgan fingerprint density at radius 1 is 0.418 bits per heavy atom.